The topological polar surface area (TPSA) is 151 Å². The van der Waals surface area contributed by atoms with Crippen LogP contribution < -0.4 is 11.2 Å². The molecule has 2 heterocycles. The number of carbonyl (C=O) groups is 2. The molecule has 14 heteroatoms. The number of urea groups is 1. The average Bonchev–Trinajstić information content (AvgIpc) is 2.69. The molecule has 2 aliphatic rings. The van der Waals surface area contributed by atoms with Crippen LogP contribution in [0.3, 0.4) is 0 Å². The van der Waals surface area contributed by atoms with Gasteiger partial charge in [-0.2, -0.15) is 13.5 Å². The fourth-order valence-electron chi connectivity index (χ4n) is 2.40. The minimum Gasteiger partial charge on any atom is -0.326 e. The average molecular weight is 374 g/mol. The lowest BCUT2D eigenvalue weighted by Gasteiger charge is -2.34. The van der Waals surface area contributed by atoms with Crippen molar-refractivity contribution >= 4 is 22.3 Å². The maximum atomic E-state index is 14.1. The summed E-state index contributed by atoms with van der Waals surface area (Å²) in [5.74, 6) is -4.65. The molecule has 0 radical (unpaired) electrons. The third kappa shape index (κ3) is 3.89. The Hall–Kier alpha value is -1.61. The quantitative estimate of drug-likeness (QED) is 0.380. The van der Waals surface area contributed by atoms with E-state index in [0.29, 0.717) is 4.90 Å². The Morgan fingerprint density at radius 2 is 2.21 bits per heavy atom. The van der Waals surface area contributed by atoms with Gasteiger partial charge in [0.25, 0.3) is 11.8 Å². The molecule has 0 spiro atoms. The van der Waals surface area contributed by atoms with Crippen LogP contribution in [0.15, 0.2) is 0 Å². The second-order valence-electron chi connectivity index (χ2n) is 5.51. The largest absolute Gasteiger partial charge is 0.418 e. The fraction of sp³-hybridized carbons (Fsp3) is 0.800. The summed E-state index contributed by atoms with van der Waals surface area (Å²) >= 11 is 0. The lowest BCUT2D eigenvalue weighted by molar-refractivity contribution is -0.159. The highest BCUT2D eigenvalue weighted by molar-refractivity contribution is 7.80. The van der Waals surface area contributed by atoms with Crippen LogP contribution in [0.25, 0.3) is 0 Å². The van der Waals surface area contributed by atoms with Crippen molar-refractivity contribution < 1.29 is 40.5 Å². The Kier molecular flexibility index (Phi) is 4.96. The van der Waals surface area contributed by atoms with Crippen LogP contribution in [0, 0.1) is 0 Å². The van der Waals surface area contributed by atoms with Crippen molar-refractivity contribution in [1.29, 1.82) is 0 Å². The van der Waals surface area contributed by atoms with Crippen molar-refractivity contribution in [2.24, 2.45) is 5.73 Å². The molecule has 0 saturated carbocycles. The number of rotatable bonds is 6. The molecule has 0 aromatic rings. The summed E-state index contributed by atoms with van der Waals surface area (Å²) < 4.78 is 62.2. The van der Waals surface area contributed by atoms with Crippen molar-refractivity contribution in [3.8, 4) is 0 Å². The molecule has 2 fully saturated rings. The SMILES string of the molecule is CC(N)CONC(=O)[C@@H]1CC(F)(F)[C@@H]2CN1C(=O)N2OS(=O)(=O)O. The van der Waals surface area contributed by atoms with E-state index in [1.165, 1.54) is 0 Å². The molecule has 11 nitrogen and oxygen atoms in total. The molecule has 0 aliphatic carbocycles. The van der Waals surface area contributed by atoms with E-state index in [0.717, 1.165) is 0 Å². The first-order valence-corrected chi connectivity index (χ1v) is 8.11. The Morgan fingerprint density at radius 3 is 2.75 bits per heavy atom. The van der Waals surface area contributed by atoms with Gasteiger partial charge in [0, 0.05) is 12.5 Å². The Labute approximate surface area is 135 Å². The van der Waals surface area contributed by atoms with E-state index in [-0.39, 0.29) is 11.7 Å². The van der Waals surface area contributed by atoms with Crippen molar-refractivity contribution in [2.45, 2.75) is 37.4 Å². The first-order chi connectivity index (χ1) is 10.9. The summed E-state index contributed by atoms with van der Waals surface area (Å²) in [6.07, 6.45) is -1.07. The number of fused-ring (bicyclic) bond motifs is 2. The van der Waals surface area contributed by atoms with Gasteiger partial charge in [0.05, 0.1) is 13.2 Å². The molecule has 3 atom stereocenters. The van der Waals surface area contributed by atoms with Crippen LogP contribution in [0.5, 0.6) is 0 Å². The minimum absolute atomic E-state index is 0.0799. The number of halogens is 2. The van der Waals surface area contributed by atoms with Gasteiger partial charge in [0.15, 0.2) is 0 Å². The molecule has 0 aromatic heterocycles. The molecule has 24 heavy (non-hydrogen) atoms. The fourth-order valence-corrected chi connectivity index (χ4v) is 2.77. The summed E-state index contributed by atoms with van der Waals surface area (Å²) in [6, 6.07) is -5.27. The number of hydrogen-bond acceptors (Lipinski definition) is 7. The molecule has 138 valence electrons. The second-order valence-corrected chi connectivity index (χ2v) is 6.52. The summed E-state index contributed by atoms with van der Waals surface area (Å²) in [5.41, 5.74) is 7.31. The van der Waals surface area contributed by atoms with Gasteiger partial charge in [-0.1, -0.05) is 0 Å². The van der Waals surface area contributed by atoms with Crippen molar-refractivity contribution in [3.05, 3.63) is 0 Å². The third-order valence-electron chi connectivity index (χ3n) is 3.41. The van der Waals surface area contributed by atoms with Crippen LogP contribution in [0.2, 0.25) is 0 Å². The molecular weight excluding hydrogens is 358 g/mol. The zero-order valence-electron chi connectivity index (χ0n) is 12.4. The Bertz CT molecular complexity index is 629. The number of nitrogens with zero attached hydrogens (tertiary/aromatic N) is 2. The van der Waals surface area contributed by atoms with Crippen molar-refractivity contribution in [1.82, 2.24) is 15.4 Å². The smallest absolute Gasteiger partial charge is 0.326 e. The van der Waals surface area contributed by atoms with Crippen LogP contribution in [0.1, 0.15) is 13.3 Å². The van der Waals surface area contributed by atoms with Gasteiger partial charge >= 0.3 is 16.4 Å². The van der Waals surface area contributed by atoms with Crippen molar-refractivity contribution in [3.63, 3.8) is 0 Å². The van der Waals surface area contributed by atoms with Gasteiger partial charge in [0.2, 0.25) is 0 Å². The molecule has 2 rings (SSSR count). The van der Waals surface area contributed by atoms with E-state index < -0.39 is 59.4 Å². The van der Waals surface area contributed by atoms with E-state index in [2.05, 4.69) is 4.28 Å². The predicted octanol–water partition coefficient (Wildman–Crippen LogP) is -1.37. The summed E-state index contributed by atoms with van der Waals surface area (Å²) in [5, 5.41) is -0.147. The first kappa shape index (κ1) is 18.7. The van der Waals surface area contributed by atoms with Crippen LogP contribution >= 0.6 is 0 Å². The summed E-state index contributed by atoms with van der Waals surface area (Å²) in [7, 11) is -5.18. The summed E-state index contributed by atoms with van der Waals surface area (Å²) in [4.78, 5) is 29.4. The van der Waals surface area contributed by atoms with E-state index in [9.17, 15) is 26.8 Å². The Morgan fingerprint density at radius 1 is 1.58 bits per heavy atom. The molecule has 3 amide bonds. The van der Waals surface area contributed by atoms with Gasteiger partial charge in [0.1, 0.15) is 12.1 Å². The minimum atomic E-state index is -5.18. The molecule has 2 saturated heterocycles. The lowest BCUT2D eigenvalue weighted by atomic mass is 9.96. The first-order valence-electron chi connectivity index (χ1n) is 6.74. The molecule has 2 bridgehead atoms. The standard InChI is InChI=1S/C10H16F2N4O7S/c1-5(13)4-22-14-8(17)6-2-10(11,12)7-3-15(6)9(18)16(7)23-24(19,20)21/h5-7H,2-4,13H2,1H3,(H,14,17)(H,19,20,21)/t5?,6-,7-/m0/s1. The van der Waals surface area contributed by atoms with Crippen molar-refractivity contribution in [2.75, 3.05) is 13.2 Å². The molecule has 0 aromatic carbocycles. The summed E-state index contributed by atoms with van der Waals surface area (Å²) in [6.45, 7) is 0.843. The maximum Gasteiger partial charge on any atom is 0.418 e. The number of nitrogens with two attached hydrogens (primary N) is 1. The van der Waals surface area contributed by atoms with Crippen LogP contribution in [-0.4, -0.2) is 72.1 Å². The number of piperidine rings is 1. The highest BCUT2D eigenvalue weighted by Crippen LogP contribution is 2.40. The van der Waals surface area contributed by atoms with E-state index in [4.69, 9.17) is 15.1 Å². The zero-order chi connectivity index (χ0) is 18.3. The van der Waals surface area contributed by atoms with Gasteiger partial charge < -0.3 is 10.6 Å². The molecule has 4 N–H and O–H groups in total. The molecule has 2 aliphatic heterocycles. The molecule has 1 unspecified atom stereocenters. The number of amides is 3. The van der Waals surface area contributed by atoms with E-state index >= 15 is 0 Å². The number of hydrogen-bond donors (Lipinski definition) is 3. The monoisotopic (exact) mass is 374 g/mol. The van der Waals surface area contributed by atoms with Gasteiger partial charge in [-0.15, -0.1) is 4.28 Å². The zero-order valence-corrected chi connectivity index (χ0v) is 13.2. The molecular formula is C10H16F2N4O7S. The third-order valence-corrected chi connectivity index (χ3v) is 3.76. The van der Waals surface area contributed by atoms with Gasteiger partial charge in [-0.25, -0.2) is 19.1 Å². The van der Waals surface area contributed by atoms with Crippen LogP contribution in [0.4, 0.5) is 13.6 Å². The highest BCUT2D eigenvalue weighted by Gasteiger charge is 2.62. The van der Waals surface area contributed by atoms with E-state index in [1.54, 1.807) is 6.92 Å². The normalized spacial score (nSPS) is 27.3. The lowest BCUT2D eigenvalue weighted by Crippen LogP contribution is -2.56. The van der Waals surface area contributed by atoms with Crippen LogP contribution in [-0.2, 0) is 24.3 Å². The second kappa shape index (κ2) is 6.36. The highest BCUT2D eigenvalue weighted by atomic mass is 32.3. The van der Waals surface area contributed by atoms with Gasteiger partial charge in [-0.3, -0.25) is 14.2 Å². The Balaban J connectivity index is 2.15. The van der Waals surface area contributed by atoms with Gasteiger partial charge in [-0.05, 0) is 6.92 Å². The number of carbonyl (C=O) groups excluding carboxylic acids is 2. The predicted molar refractivity (Wildman–Crippen MR) is 71.5 cm³/mol. The number of hydroxylamine groups is 3. The number of nitrogens with one attached hydrogen (secondary N) is 1. The number of alkyl halides is 2. The maximum absolute atomic E-state index is 14.1. The van der Waals surface area contributed by atoms with E-state index in [1.807, 2.05) is 5.48 Å².